The fraction of sp³-hybridized carbons (Fsp3) is 0.286. The van der Waals surface area contributed by atoms with E-state index >= 15 is 0 Å². The molecule has 7 nitrogen and oxygen atoms in total. The number of ether oxygens (including phenoxy) is 1. The molecule has 1 atom stereocenters. The summed E-state index contributed by atoms with van der Waals surface area (Å²) in [6, 6.07) is 11.9. The average molecular weight is 417 g/mol. The van der Waals surface area contributed by atoms with Gasteiger partial charge in [0, 0.05) is 5.69 Å². The molecule has 0 bridgehead atoms. The third-order valence-corrected chi connectivity index (χ3v) is 4.85. The van der Waals surface area contributed by atoms with E-state index in [1.54, 1.807) is 12.1 Å². The molecule has 2 aromatic carbocycles. The number of benzene rings is 2. The van der Waals surface area contributed by atoms with Crippen LogP contribution in [0.1, 0.15) is 25.0 Å². The molecule has 1 heterocycles. The number of rotatable bonds is 7. The van der Waals surface area contributed by atoms with Crippen molar-refractivity contribution < 1.29 is 27.9 Å². The normalized spacial score (nSPS) is 18.5. The lowest BCUT2D eigenvalue weighted by atomic mass is 9.92. The molecule has 1 saturated heterocycles. The van der Waals surface area contributed by atoms with Gasteiger partial charge < -0.3 is 15.4 Å². The number of hydrogen-bond donors (Lipinski definition) is 2. The van der Waals surface area contributed by atoms with Crippen LogP contribution in [-0.4, -0.2) is 35.9 Å². The lowest BCUT2D eigenvalue weighted by Crippen LogP contribution is -2.42. The number of imide groups is 1. The summed E-state index contributed by atoms with van der Waals surface area (Å²) < 4.78 is 28.9. The number of urea groups is 1. The molecule has 0 aliphatic carbocycles. The zero-order chi connectivity index (χ0) is 21.9. The van der Waals surface area contributed by atoms with Gasteiger partial charge in [-0.3, -0.25) is 14.5 Å². The van der Waals surface area contributed by atoms with Crippen LogP contribution in [0.3, 0.4) is 0 Å². The van der Waals surface area contributed by atoms with Gasteiger partial charge >= 0.3 is 12.6 Å². The molecule has 1 aliphatic rings. The van der Waals surface area contributed by atoms with Crippen molar-refractivity contribution in [1.82, 2.24) is 10.2 Å². The van der Waals surface area contributed by atoms with Gasteiger partial charge in [0.15, 0.2) is 0 Å². The summed E-state index contributed by atoms with van der Waals surface area (Å²) in [6.07, 6.45) is 0.802. The summed E-state index contributed by atoms with van der Waals surface area (Å²) >= 11 is 0. The van der Waals surface area contributed by atoms with Crippen LogP contribution in [0, 0.1) is 0 Å². The van der Waals surface area contributed by atoms with E-state index in [-0.39, 0.29) is 5.75 Å². The Morgan fingerprint density at radius 2 is 1.90 bits per heavy atom. The van der Waals surface area contributed by atoms with Crippen LogP contribution in [0.25, 0.3) is 0 Å². The molecule has 1 aliphatic heterocycles. The van der Waals surface area contributed by atoms with Gasteiger partial charge in [0.25, 0.3) is 5.91 Å². The summed E-state index contributed by atoms with van der Waals surface area (Å²) in [4.78, 5) is 38.5. The topological polar surface area (TPSA) is 87.7 Å². The second-order valence-electron chi connectivity index (χ2n) is 6.95. The maximum absolute atomic E-state index is 12.9. The van der Waals surface area contributed by atoms with E-state index in [0.717, 1.165) is 16.9 Å². The minimum atomic E-state index is -2.97. The van der Waals surface area contributed by atoms with Crippen molar-refractivity contribution in [3.05, 3.63) is 59.7 Å². The lowest BCUT2D eigenvalue weighted by Gasteiger charge is -2.22. The molecule has 0 unspecified atom stereocenters. The number of nitrogens with zero attached hydrogens (tertiary/aromatic N) is 1. The number of halogens is 2. The predicted octanol–water partition coefficient (Wildman–Crippen LogP) is 3.26. The Labute approximate surface area is 172 Å². The Morgan fingerprint density at radius 3 is 2.53 bits per heavy atom. The molecule has 0 spiro atoms. The van der Waals surface area contributed by atoms with Crippen molar-refractivity contribution in [2.45, 2.75) is 32.4 Å². The average Bonchev–Trinajstić information content (AvgIpc) is 2.92. The van der Waals surface area contributed by atoms with Crippen LogP contribution in [0.2, 0.25) is 0 Å². The maximum Gasteiger partial charge on any atom is 0.387 e. The molecule has 1 fully saturated rings. The van der Waals surface area contributed by atoms with Crippen molar-refractivity contribution in [2.75, 3.05) is 11.9 Å². The lowest BCUT2D eigenvalue weighted by molar-refractivity contribution is -0.133. The van der Waals surface area contributed by atoms with E-state index in [0.29, 0.717) is 11.3 Å². The summed E-state index contributed by atoms with van der Waals surface area (Å²) in [6.45, 7) is 0.0506. The molecule has 2 aromatic rings. The van der Waals surface area contributed by atoms with Crippen LogP contribution >= 0.6 is 0 Å². The van der Waals surface area contributed by atoms with Gasteiger partial charge in [-0.1, -0.05) is 31.2 Å². The highest BCUT2D eigenvalue weighted by molar-refractivity contribution is 6.10. The van der Waals surface area contributed by atoms with Crippen molar-refractivity contribution in [3.8, 4) is 5.75 Å². The number of amides is 4. The number of anilines is 1. The molecule has 0 aromatic heterocycles. The smallest absolute Gasteiger partial charge is 0.387 e. The predicted molar refractivity (Wildman–Crippen MR) is 105 cm³/mol. The largest absolute Gasteiger partial charge is 0.435 e. The molecule has 9 heteroatoms. The van der Waals surface area contributed by atoms with Crippen LogP contribution in [0.15, 0.2) is 48.5 Å². The van der Waals surface area contributed by atoms with Crippen molar-refractivity contribution in [2.24, 2.45) is 0 Å². The van der Waals surface area contributed by atoms with E-state index < -0.39 is 36.5 Å². The fourth-order valence-electron chi connectivity index (χ4n) is 3.22. The van der Waals surface area contributed by atoms with E-state index in [1.807, 2.05) is 19.1 Å². The Hall–Kier alpha value is -3.49. The molecular weight excluding hydrogens is 396 g/mol. The molecule has 4 amide bonds. The SMILES string of the molecule is CCc1cccc(NC(=O)CN2C(=O)N[C@@](C)(c3ccc(OC(F)F)cc3)C2=O)c1. The van der Waals surface area contributed by atoms with E-state index in [9.17, 15) is 23.2 Å². The van der Waals surface area contributed by atoms with E-state index in [1.165, 1.54) is 31.2 Å². The van der Waals surface area contributed by atoms with Crippen molar-refractivity contribution in [1.29, 1.82) is 0 Å². The highest BCUT2D eigenvalue weighted by Crippen LogP contribution is 2.30. The molecule has 158 valence electrons. The van der Waals surface area contributed by atoms with E-state index in [2.05, 4.69) is 15.4 Å². The van der Waals surface area contributed by atoms with Gasteiger partial charge in [0.1, 0.15) is 17.8 Å². The third kappa shape index (κ3) is 4.40. The fourth-order valence-corrected chi connectivity index (χ4v) is 3.22. The first-order valence-corrected chi connectivity index (χ1v) is 9.31. The van der Waals surface area contributed by atoms with Crippen molar-refractivity contribution in [3.63, 3.8) is 0 Å². The standard InChI is InChI=1S/C21H21F2N3O4/c1-3-13-5-4-6-15(11-13)24-17(27)12-26-18(28)21(2,25-20(26)29)14-7-9-16(10-8-14)30-19(22)23/h4-11,19H,3,12H2,1-2H3,(H,24,27)(H,25,29)/t21-/m0/s1. The Kier molecular flexibility index (Phi) is 6.00. The summed E-state index contributed by atoms with van der Waals surface area (Å²) in [7, 11) is 0. The first-order chi connectivity index (χ1) is 14.2. The second kappa shape index (κ2) is 8.48. The molecular formula is C21H21F2N3O4. The van der Waals surface area contributed by atoms with Gasteiger partial charge in [-0.15, -0.1) is 0 Å². The first kappa shape index (κ1) is 21.2. The zero-order valence-corrected chi connectivity index (χ0v) is 16.4. The number of alkyl halides is 2. The summed E-state index contributed by atoms with van der Waals surface area (Å²) in [5.74, 6) is -1.20. The molecule has 0 saturated carbocycles. The Balaban J connectivity index is 1.71. The van der Waals surface area contributed by atoms with Crippen LogP contribution < -0.4 is 15.4 Å². The summed E-state index contributed by atoms with van der Waals surface area (Å²) in [5, 5.41) is 5.24. The van der Waals surface area contributed by atoms with Crippen LogP contribution in [0.5, 0.6) is 5.75 Å². The summed E-state index contributed by atoms with van der Waals surface area (Å²) in [5.41, 5.74) is 0.558. The highest BCUT2D eigenvalue weighted by Gasteiger charge is 2.49. The first-order valence-electron chi connectivity index (χ1n) is 9.31. The van der Waals surface area contributed by atoms with Gasteiger partial charge in [-0.25, -0.2) is 4.79 Å². The minimum absolute atomic E-state index is 0.0698. The van der Waals surface area contributed by atoms with Crippen molar-refractivity contribution >= 4 is 23.5 Å². The maximum atomic E-state index is 12.9. The molecule has 3 rings (SSSR count). The number of carbonyl (C=O) groups is 3. The quantitative estimate of drug-likeness (QED) is 0.677. The Morgan fingerprint density at radius 1 is 1.20 bits per heavy atom. The Bertz CT molecular complexity index is 965. The number of nitrogens with one attached hydrogen (secondary N) is 2. The van der Waals surface area contributed by atoms with Crippen LogP contribution in [-0.2, 0) is 21.5 Å². The number of carbonyl (C=O) groups excluding carboxylic acids is 3. The van der Waals surface area contributed by atoms with Gasteiger partial charge in [0.2, 0.25) is 5.91 Å². The second-order valence-corrected chi connectivity index (χ2v) is 6.95. The van der Waals surface area contributed by atoms with E-state index in [4.69, 9.17) is 0 Å². The third-order valence-electron chi connectivity index (χ3n) is 4.85. The monoisotopic (exact) mass is 417 g/mol. The van der Waals surface area contributed by atoms with Gasteiger partial charge in [0.05, 0.1) is 0 Å². The van der Waals surface area contributed by atoms with Gasteiger partial charge in [-0.05, 0) is 48.7 Å². The van der Waals surface area contributed by atoms with Gasteiger partial charge in [-0.2, -0.15) is 8.78 Å². The molecule has 30 heavy (non-hydrogen) atoms. The highest BCUT2D eigenvalue weighted by atomic mass is 19.3. The number of hydrogen-bond acceptors (Lipinski definition) is 4. The molecule has 2 N–H and O–H groups in total. The number of aryl methyl sites for hydroxylation is 1. The van der Waals surface area contributed by atoms with Crippen LogP contribution in [0.4, 0.5) is 19.3 Å². The molecule has 0 radical (unpaired) electrons. The minimum Gasteiger partial charge on any atom is -0.435 e. The zero-order valence-electron chi connectivity index (χ0n) is 16.4.